The SMILES string of the molecule is CC(C)Cn1nc(-c2ccncc2)cc1N. The van der Waals surface area contributed by atoms with Gasteiger partial charge >= 0.3 is 0 Å². The first-order valence-electron chi connectivity index (χ1n) is 5.40. The van der Waals surface area contributed by atoms with Crippen LogP contribution in [0.15, 0.2) is 30.6 Å². The summed E-state index contributed by atoms with van der Waals surface area (Å²) in [6, 6.07) is 5.76. The molecule has 2 N–H and O–H groups in total. The minimum Gasteiger partial charge on any atom is -0.384 e. The Bertz CT molecular complexity index is 459. The van der Waals surface area contributed by atoms with Crippen molar-refractivity contribution in [1.82, 2.24) is 14.8 Å². The summed E-state index contributed by atoms with van der Waals surface area (Å²) in [6.45, 7) is 5.14. The van der Waals surface area contributed by atoms with E-state index in [1.165, 1.54) is 0 Å². The lowest BCUT2D eigenvalue weighted by Gasteiger charge is -2.06. The molecule has 0 amide bonds. The zero-order valence-electron chi connectivity index (χ0n) is 9.59. The lowest BCUT2D eigenvalue weighted by atomic mass is 10.2. The van der Waals surface area contributed by atoms with Crippen LogP contribution in [0.4, 0.5) is 5.82 Å². The second-order valence-electron chi connectivity index (χ2n) is 4.27. The van der Waals surface area contributed by atoms with Crippen molar-refractivity contribution in [2.45, 2.75) is 20.4 Å². The second kappa shape index (κ2) is 4.35. The van der Waals surface area contributed by atoms with E-state index < -0.39 is 0 Å². The molecule has 0 saturated carbocycles. The average Bonchev–Trinajstić information content (AvgIpc) is 2.61. The molecular formula is C12H16N4. The summed E-state index contributed by atoms with van der Waals surface area (Å²) < 4.78 is 1.85. The van der Waals surface area contributed by atoms with Gasteiger partial charge in [-0.2, -0.15) is 5.10 Å². The number of anilines is 1. The van der Waals surface area contributed by atoms with Crippen LogP contribution >= 0.6 is 0 Å². The second-order valence-corrected chi connectivity index (χ2v) is 4.27. The van der Waals surface area contributed by atoms with Crippen molar-refractivity contribution in [3.8, 4) is 11.3 Å². The largest absolute Gasteiger partial charge is 0.384 e. The Morgan fingerprint density at radius 1 is 1.31 bits per heavy atom. The van der Waals surface area contributed by atoms with Crippen LogP contribution in [0.25, 0.3) is 11.3 Å². The smallest absolute Gasteiger partial charge is 0.122 e. The minimum atomic E-state index is 0.535. The van der Waals surface area contributed by atoms with E-state index in [-0.39, 0.29) is 0 Å². The van der Waals surface area contributed by atoms with Crippen LogP contribution in [0.5, 0.6) is 0 Å². The third-order valence-electron chi connectivity index (χ3n) is 2.33. The van der Waals surface area contributed by atoms with Crippen LogP contribution in [0.1, 0.15) is 13.8 Å². The first kappa shape index (κ1) is 10.7. The summed E-state index contributed by atoms with van der Waals surface area (Å²) in [4.78, 5) is 3.98. The van der Waals surface area contributed by atoms with Gasteiger partial charge in [0.1, 0.15) is 5.82 Å². The summed E-state index contributed by atoms with van der Waals surface area (Å²) in [5.74, 6) is 1.24. The first-order valence-corrected chi connectivity index (χ1v) is 5.40. The van der Waals surface area contributed by atoms with Crippen molar-refractivity contribution in [3.63, 3.8) is 0 Å². The van der Waals surface area contributed by atoms with Gasteiger partial charge in [-0.25, -0.2) is 4.68 Å². The normalized spacial score (nSPS) is 10.9. The molecule has 2 rings (SSSR count). The molecule has 0 fully saturated rings. The molecular weight excluding hydrogens is 200 g/mol. The maximum absolute atomic E-state index is 5.91. The van der Waals surface area contributed by atoms with E-state index in [1.54, 1.807) is 12.4 Å². The third kappa shape index (κ3) is 2.21. The van der Waals surface area contributed by atoms with E-state index in [2.05, 4.69) is 23.9 Å². The zero-order chi connectivity index (χ0) is 11.5. The Morgan fingerprint density at radius 3 is 2.62 bits per heavy atom. The highest BCUT2D eigenvalue weighted by Gasteiger charge is 2.07. The van der Waals surface area contributed by atoms with Crippen LogP contribution in [0.2, 0.25) is 0 Å². The number of pyridine rings is 1. The van der Waals surface area contributed by atoms with E-state index in [4.69, 9.17) is 5.73 Å². The fourth-order valence-electron chi connectivity index (χ4n) is 1.59. The quantitative estimate of drug-likeness (QED) is 0.855. The molecule has 2 heterocycles. The van der Waals surface area contributed by atoms with Crippen LogP contribution < -0.4 is 5.73 Å². The maximum Gasteiger partial charge on any atom is 0.122 e. The van der Waals surface area contributed by atoms with Crippen LogP contribution in [0.3, 0.4) is 0 Å². The van der Waals surface area contributed by atoms with E-state index in [0.29, 0.717) is 11.7 Å². The maximum atomic E-state index is 5.91. The van der Waals surface area contributed by atoms with Gasteiger partial charge in [0.15, 0.2) is 0 Å². The van der Waals surface area contributed by atoms with Crippen molar-refractivity contribution in [3.05, 3.63) is 30.6 Å². The molecule has 0 bridgehead atoms. The molecule has 2 aromatic rings. The predicted octanol–water partition coefficient (Wildman–Crippen LogP) is 2.18. The molecule has 0 atom stereocenters. The van der Waals surface area contributed by atoms with Crippen molar-refractivity contribution in [2.24, 2.45) is 5.92 Å². The minimum absolute atomic E-state index is 0.535. The molecule has 84 valence electrons. The van der Waals surface area contributed by atoms with Crippen molar-refractivity contribution in [2.75, 3.05) is 5.73 Å². The molecule has 0 aromatic carbocycles. The molecule has 4 nitrogen and oxygen atoms in total. The molecule has 0 spiro atoms. The Labute approximate surface area is 95.1 Å². The van der Waals surface area contributed by atoms with Gasteiger partial charge in [0, 0.05) is 30.6 Å². The van der Waals surface area contributed by atoms with Gasteiger partial charge in [-0.05, 0) is 18.1 Å². The number of rotatable bonds is 3. The molecule has 0 radical (unpaired) electrons. The van der Waals surface area contributed by atoms with Crippen molar-refractivity contribution in [1.29, 1.82) is 0 Å². The molecule has 0 unspecified atom stereocenters. The van der Waals surface area contributed by atoms with Crippen molar-refractivity contribution >= 4 is 5.82 Å². The number of hydrogen-bond donors (Lipinski definition) is 1. The number of nitrogens with zero attached hydrogens (tertiary/aromatic N) is 3. The third-order valence-corrected chi connectivity index (χ3v) is 2.33. The molecule has 16 heavy (non-hydrogen) atoms. The molecule has 0 aliphatic heterocycles. The standard InChI is InChI=1S/C12H16N4/c1-9(2)8-16-12(13)7-11(15-16)10-3-5-14-6-4-10/h3-7,9H,8,13H2,1-2H3. The van der Waals surface area contributed by atoms with E-state index >= 15 is 0 Å². The number of aromatic nitrogens is 3. The van der Waals surface area contributed by atoms with Crippen LogP contribution in [0, 0.1) is 5.92 Å². The average molecular weight is 216 g/mol. The van der Waals surface area contributed by atoms with Gasteiger partial charge < -0.3 is 5.73 Å². The van der Waals surface area contributed by atoms with Gasteiger partial charge in [0.05, 0.1) is 5.69 Å². The van der Waals surface area contributed by atoms with Crippen LogP contribution in [-0.2, 0) is 6.54 Å². The van der Waals surface area contributed by atoms with E-state index in [0.717, 1.165) is 17.8 Å². The fraction of sp³-hybridized carbons (Fsp3) is 0.333. The van der Waals surface area contributed by atoms with Gasteiger partial charge in [-0.15, -0.1) is 0 Å². The summed E-state index contributed by atoms with van der Waals surface area (Å²) in [6.07, 6.45) is 3.51. The number of nitrogen functional groups attached to an aromatic ring is 1. The summed E-state index contributed by atoms with van der Waals surface area (Å²) in [5, 5.41) is 4.48. The topological polar surface area (TPSA) is 56.7 Å². The highest BCUT2D eigenvalue weighted by atomic mass is 15.3. The lowest BCUT2D eigenvalue weighted by Crippen LogP contribution is -2.09. The monoisotopic (exact) mass is 216 g/mol. The van der Waals surface area contributed by atoms with Crippen LogP contribution in [-0.4, -0.2) is 14.8 Å². The highest BCUT2D eigenvalue weighted by molar-refractivity contribution is 5.61. The van der Waals surface area contributed by atoms with Crippen molar-refractivity contribution < 1.29 is 0 Å². The van der Waals surface area contributed by atoms with E-state index in [1.807, 2.05) is 22.9 Å². The zero-order valence-corrected chi connectivity index (χ0v) is 9.59. The molecule has 4 heteroatoms. The number of nitrogens with two attached hydrogens (primary N) is 1. The Balaban J connectivity index is 2.31. The predicted molar refractivity (Wildman–Crippen MR) is 64.7 cm³/mol. The Morgan fingerprint density at radius 2 is 2.00 bits per heavy atom. The fourth-order valence-corrected chi connectivity index (χ4v) is 1.59. The lowest BCUT2D eigenvalue weighted by molar-refractivity contribution is 0.489. The summed E-state index contributed by atoms with van der Waals surface area (Å²) >= 11 is 0. The molecule has 0 aliphatic carbocycles. The summed E-state index contributed by atoms with van der Waals surface area (Å²) in [5.41, 5.74) is 7.86. The Kier molecular flexibility index (Phi) is 2.90. The van der Waals surface area contributed by atoms with Gasteiger partial charge in [-0.1, -0.05) is 13.8 Å². The number of hydrogen-bond acceptors (Lipinski definition) is 3. The van der Waals surface area contributed by atoms with Gasteiger partial charge in [-0.3, -0.25) is 4.98 Å². The summed E-state index contributed by atoms with van der Waals surface area (Å²) in [7, 11) is 0. The highest BCUT2D eigenvalue weighted by Crippen LogP contribution is 2.19. The Hall–Kier alpha value is -1.84. The molecule has 0 aliphatic rings. The first-order chi connectivity index (χ1) is 7.66. The van der Waals surface area contributed by atoms with Gasteiger partial charge in [0.2, 0.25) is 0 Å². The van der Waals surface area contributed by atoms with E-state index in [9.17, 15) is 0 Å². The molecule has 2 aromatic heterocycles. The van der Waals surface area contributed by atoms with Gasteiger partial charge in [0.25, 0.3) is 0 Å². The molecule has 0 saturated heterocycles.